The lowest BCUT2D eigenvalue weighted by atomic mass is 10.3. The van der Waals surface area contributed by atoms with E-state index in [1.54, 1.807) is 0 Å². The SMILES string of the molecule is Cc1nc2ccccc2n1CCCCOc1ccc(Cl)cc1.Cl. The minimum absolute atomic E-state index is 0. The van der Waals surface area contributed by atoms with Crippen LogP contribution in [0.2, 0.25) is 5.02 Å². The number of halogens is 2. The van der Waals surface area contributed by atoms with Crippen LogP contribution in [0.5, 0.6) is 5.75 Å². The van der Waals surface area contributed by atoms with Gasteiger partial charge in [-0.2, -0.15) is 0 Å². The van der Waals surface area contributed by atoms with Crippen LogP contribution in [0.4, 0.5) is 0 Å². The van der Waals surface area contributed by atoms with Gasteiger partial charge >= 0.3 is 0 Å². The molecule has 3 rings (SSSR count). The van der Waals surface area contributed by atoms with Crippen LogP contribution in [0.15, 0.2) is 48.5 Å². The number of rotatable bonds is 6. The van der Waals surface area contributed by atoms with Crippen molar-refractivity contribution in [3.8, 4) is 5.75 Å². The molecular formula is C18H20Cl2N2O. The molecule has 0 N–H and O–H groups in total. The maximum absolute atomic E-state index is 5.85. The lowest BCUT2D eigenvalue weighted by Crippen LogP contribution is -2.03. The van der Waals surface area contributed by atoms with Gasteiger partial charge in [0.15, 0.2) is 0 Å². The summed E-state index contributed by atoms with van der Waals surface area (Å²) in [5.41, 5.74) is 2.27. The summed E-state index contributed by atoms with van der Waals surface area (Å²) in [7, 11) is 0. The molecule has 0 aliphatic carbocycles. The first-order valence-corrected chi connectivity index (χ1v) is 7.92. The van der Waals surface area contributed by atoms with Crippen molar-refractivity contribution in [1.29, 1.82) is 0 Å². The van der Waals surface area contributed by atoms with Crippen LogP contribution < -0.4 is 4.74 Å². The molecule has 3 nitrogen and oxygen atoms in total. The van der Waals surface area contributed by atoms with Gasteiger partial charge in [-0.05, 0) is 56.2 Å². The molecule has 0 spiro atoms. The monoisotopic (exact) mass is 350 g/mol. The molecule has 0 bridgehead atoms. The smallest absolute Gasteiger partial charge is 0.119 e. The minimum atomic E-state index is 0. The van der Waals surface area contributed by atoms with Crippen molar-refractivity contribution in [3.05, 3.63) is 59.4 Å². The number of aromatic nitrogens is 2. The molecule has 0 saturated heterocycles. The Balaban J connectivity index is 0.00000192. The molecular weight excluding hydrogens is 331 g/mol. The van der Waals surface area contributed by atoms with Crippen molar-refractivity contribution >= 4 is 35.0 Å². The number of unbranched alkanes of at least 4 members (excludes halogenated alkanes) is 1. The Morgan fingerprint density at radius 3 is 2.57 bits per heavy atom. The first-order chi connectivity index (χ1) is 10.7. The topological polar surface area (TPSA) is 27.1 Å². The second-order valence-corrected chi connectivity index (χ2v) is 5.75. The molecule has 0 radical (unpaired) electrons. The molecule has 3 aromatic rings. The molecule has 122 valence electrons. The predicted octanol–water partition coefficient (Wildman–Crippen LogP) is 5.28. The third-order valence-corrected chi connectivity index (χ3v) is 3.96. The van der Waals surface area contributed by atoms with Gasteiger partial charge in [-0.1, -0.05) is 23.7 Å². The van der Waals surface area contributed by atoms with Crippen molar-refractivity contribution in [2.45, 2.75) is 26.3 Å². The summed E-state index contributed by atoms with van der Waals surface area (Å²) in [6.45, 7) is 3.74. The Bertz CT molecular complexity index is 753. The van der Waals surface area contributed by atoms with Crippen molar-refractivity contribution in [2.24, 2.45) is 0 Å². The fourth-order valence-electron chi connectivity index (χ4n) is 2.57. The molecule has 1 aromatic heterocycles. The third kappa shape index (κ3) is 4.40. The highest BCUT2D eigenvalue weighted by Crippen LogP contribution is 2.17. The van der Waals surface area contributed by atoms with Crippen molar-refractivity contribution in [3.63, 3.8) is 0 Å². The van der Waals surface area contributed by atoms with Gasteiger partial charge in [0, 0.05) is 11.6 Å². The van der Waals surface area contributed by atoms with E-state index in [0.29, 0.717) is 6.61 Å². The third-order valence-electron chi connectivity index (χ3n) is 3.70. The van der Waals surface area contributed by atoms with Gasteiger partial charge in [-0.15, -0.1) is 12.4 Å². The lowest BCUT2D eigenvalue weighted by molar-refractivity contribution is 0.303. The molecule has 0 saturated carbocycles. The number of hydrogen-bond acceptors (Lipinski definition) is 2. The van der Waals surface area contributed by atoms with E-state index >= 15 is 0 Å². The van der Waals surface area contributed by atoms with Crippen molar-refractivity contribution in [2.75, 3.05) is 6.61 Å². The number of benzene rings is 2. The summed E-state index contributed by atoms with van der Waals surface area (Å²) < 4.78 is 7.99. The number of hydrogen-bond donors (Lipinski definition) is 0. The highest BCUT2D eigenvalue weighted by molar-refractivity contribution is 6.30. The quantitative estimate of drug-likeness (QED) is 0.565. The number of nitrogens with zero attached hydrogens (tertiary/aromatic N) is 2. The highest BCUT2D eigenvalue weighted by atomic mass is 35.5. The maximum Gasteiger partial charge on any atom is 0.119 e. The van der Waals surface area contributed by atoms with Crippen molar-refractivity contribution < 1.29 is 4.74 Å². The lowest BCUT2D eigenvalue weighted by Gasteiger charge is -2.08. The van der Waals surface area contributed by atoms with Crippen LogP contribution in [0.3, 0.4) is 0 Å². The van der Waals surface area contributed by atoms with E-state index in [1.165, 1.54) is 5.52 Å². The van der Waals surface area contributed by atoms with Gasteiger partial charge < -0.3 is 9.30 Å². The predicted molar refractivity (Wildman–Crippen MR) is 97.9 cm³/mol. The molecule has 0 aliphatic heterocycles. The summed E-state index contributed by atoms with van der Waals surface area (Å²) in [6, 6.07) is 15.8. The molecule has 1 heterocycles. The zero-order valence-electron chi connectivity index (χ0n) is 13.0. The van der Waals surface area contributed by atoms with E-state index in [9.17, 15) is 0 Å². The van der Waals surface area contributed by atoms with Crippen LogP contribution in [0, 0.1) is 6.92 Å². The molecule has 0 fully saturated rings. The van der Waals surface area contributed by atoms with Crippen LogP contribution in [-0.2, 0) is 6.54 Å². The first kappa shape index (κ1) is 17.6. The highest BCUT2D eigenvalue weighted by Gasteiger charge is 2.05. The Morgan fingerprint density at radius 1 is 1.04 bits per heavy atom. The molecule has 2 aromatic carbocycles. The van der Waals surface area contributed by atoms with Crippen LogP contribution in [-0.4, -0.2) is 16.2 Å². The van der Waals surface area contributed by atoms with Gasteiger partial charge in [0.1, 0.15) is 11.6 Å². The van der Waals surface area contributed by atoms with Crippen molar-refractivity contribution in [1.82, 2.24) is 9.55 Å². The molecule has 0 aliphatic rings. The molecule has 0 unspecified atom stereocenters. The zero-order chi connectivity index (χ0) is 15.4. The van der Waals surface area contributed by atoms with Gasteiger partial charge in [0.05, 0.1) is 17.6 Å². The molecule has 0 atom stereocenters. The second-order valence-electron chi connectivity index (χ2n) is 5.31. The van der Waals surface area contributed by atoms with Crippen LogP contribution in [0.25, 0.3) is 11.0 Å². The maximum atomic E-state index is 5.85. The van der Waals surface area contributed by atoms with E-state index in [2.05, 4.69) is 34.7 Å². The zero-order valence-corrected chi connectivity index (χ0v) is 14.6. The van der Waals surface area contributed by atoms with E-state index in [1.807, 2.05) is 30.3 Å². The number of fused-ring (bicyclic) bond motifs is 1. The number of ether oxygens (including phenoxy) is 1. The minimum Gasteiger partial charge on any atom is -0.494 e. The van der Waals surface area contributed by atoms with Gasteiger partial charge in [0.25, 0.3) is 0 Å². The van der Waals surface area contributed by atoms with Gasteiger partial charge in [-0.25, -0.2) is 4.98 Å². The number of aryl methyl sites for hydroxylation is 2. The molecule has 5 heteroatoms. The number of imidazole rings is 1. The fraction of sp³-hybridized carbons (Fsp3) is 0.278. The Kier molecular flexibility index (Phi) is 6.31. The average Bonchev–Trinajstić information content (AvgIpc) is 2.85. The Hall–Kier alpha value is -1.71. The van der Waals surface area contributed by atoms with E-state index in [0.717, 1.165) is 41.5 Å². The van der Waals surface area contributed by atoms with E-state index in [-0.39, 0.29) is 12.4 Å². The largest absolute Gasteiger partial charge is 0.494 e. The summed E-state index contributed by atoms with van der Waals surface area (Å²) in [5.74, 6) is 1.94. The Labute approximate surface area is 147 Å². The fourth-order valence-corrected chi connectivity index (χ4v) is 2.70. The first-order valence-electron chi connectivity index (χ1n) is 7.54. The van der Waals surface area contributed by atoms with E-state index in [4.69, 9.17) is 16.3 Å². The molecule has 23 heavy (non-hydrogen) atoms. The molecule has 0 amide bonds. The average molecular weight is 351 g/mol. The van der Waals surface area contributed by atoms with Gasteiger partial charge in [0.2, 0.25) is 0 Å². The van der Waals surface area contributed by atoms with Crippen LogP contribution in [0.1, 0.15) is 18.7 Å². The van der Waals surface area contributed by atoms with Crippen LogP contribution >= 0.6 is 24.0 Å². The Morgan fingerprint density at radius 2 is 1.78 bits per heavy atom. The second kappa shape index (κ2) is 8.23. The van der Waals surface area contributed by atoms with Gasteiger partial charge in [-0.3, -0.25) is 0 Å². The van der Waals surface area contributed by atoms with E-state index < -0.39 is 0 Å². The summed E-state index contributed by atoms with van der Waals surface area (Å²) in [6.07, 6.45) is 2.07. The standard InChI is InChI=1S/C18H19ClN2O.ClH/c1-14-20-17-6-2-3-7-18(17)21(14)12-4-5-13-22-16-10-8-15(19)9-11-16;/h2-3,6-11H,4-5,12-13H2,1H3;1H. The number of para-hydroxylation sites is 2. The summed E-state index contributed by atoms with van der Waals surface area (Å²) in [5, 5.41) is 0.731. The normalized spacial score (nSPS) is 10.5. The summed E-state index contributed by atoms with van der Waals surface area (Å²) >= 11 is 5.85. The summed E-state index contributed by atoms with van der Waals surface area (Å²) in [4.78, 5) is 4.59.